The monoisotopic (exact) mass is 417 g/mol. The van der Waals surface area contributed by atoms with Crippen LogP contribution in [0.3, 0.4) is 0 Å². The van der Waals surface area contributed by atoms with Crippen LogP contribution >= 0.6 is 0 Å². The summed E-state index contributed by atoms with van der Waals surface area (Å²) in [6, 6.07) is 13.8. The summed E-state index contributed by atoms with van der Waals surface area (Å²) in [6.07, 6.45) is -4.40. The molecule has 3 aromatic carbocycles. The lowest BCUT2D eigenvalue weighted by molar-refractivity contribution is -0.137. The molecule has 3 aromatic rings. The molecule has 1 atom stereocenters. The summed E-state index contributed by atoms with van der Waals surface area (Å²) in [5, 5.41) is 12.5. The first-order valence-electron chi connectivity index (χ1n) is 9.67. The highest BCUT2D eigenvalue weighted by molar-refractivity contribution is 5.90. The fourth-order valence-corrected chi connectivity index (χ4v) is 3.97. The van der Waals surface area contributed by atoms with Crippen molar-refractivity contribution in [2.75, 3.05) is 33.4 Å². The number of halogens is 3. The van der Waals surface area contributed by atoms with E-state index in [-0.39, 0.29) is 5.75 Å². The summed E-state index contributed by atoms with van der Waals surface area (Å²) in [4.78, 5) is 2.13. The van der Waals surface area contributed by atoms with E-state index in [9.17, 15) is 18.3 Å². The Morgan fingerprint density at radius 2 is 1.67 bits per heavy atom. The van der Waals surface area contributed by atoms with Gasteiger partial charge in [0.25, 0.3) is 0 Å². The van der Waals surface area contributed by atoms with Gasteiger partial charge in [0.15, 0.2) is 0 Å². The zero-order valence-corrected chi connectivity index (χ0v) is 16.4. The van der Waals surface area contributed by atoms with E-state index in [2.05, 4.69) is 4.90 Å². The van der Waals surface area contributed by atoms with Crippen molar-refractivity contribution in [1.29, 1.82) is 0 Å². The Kier molecular flexibility index (Phi) is 5.58. The maximum atomic E-state index is 13.1. The number of phenolic OH excluding ortho intramolecular Hbond substituents is 1. The quantitative estimate of drug-likeness (QED) is 0.649. The Morgan fingerprint density at radius 3 is 2.30 bits per heavy atom. The topological polar surface area (TPSA) is 41.9 Å². The molecular formula is C23H22F3NO3. The molecule has 0 spiro atoms. The molecule has 0 bridgehead atoms. The number of benzene rings is 3. The lowest BCUT2D eigenvalue weighted by atomic mass is 9.90. The number of morpholine rings is 1. The van der Waals surface area contributed by atoms with Gasteiger partial charge < -0.3 is 14.6 Å². The minimum atomic E-state index is -4.40. The van der Waals surface area contributed by atoms with Crippen molar-refractivity contribution < 1.29 is 27.8 Å². The smallest absolute Gasteiger partial charge is 0.416 e. The number of hydrogen-bond donors (Lipinski definition) is 1. The normalized spacial score (nSPS) is 16.5. The van der Waals surface area contributed by atoms with Crippen LogP contribution in [-0.2, 0) is 10.9 Å². The molecular weight excluding hydrogens is 395 g/mol. The van der Waals surface area contributed by atoms with Crippen LogP contribution in [0.15, 0.2) is 54.6 Å². The lowest BCUT2D eigenvalue weighted by Gasteiger charge is -2.36. The third-order valence-electron chi connectivity index (χ3n) is 5.49. The Balaban J connectivity index is 1.89. The minimum absolute atomic E-state index is 0.0899. The molecule has 1 aliphatic rings. The third-order valence-corrected chi connectivity index (χ3v) is 5.49. The highest BCUT2D eigenvalue weighted by atomic mass is 19.4. The van der Waals surface area contributed by atoms with Gasteiger partial charge in [-0.15, -0.1) is 0 Å². The zero-order chi connectivity index (χ0) is 21.3. The van der Waals surface area contributed by atoms with E-state index in [1.165, 1.54) is 12.1 Å². The number of alkyl halides is 3. The molecule has 158 valence electrons. The summed E-state index contributed by atoms with van der Waals surface area (Å²) in [5.74, 6) is 0.731. The van der Waals surface area contributed by atoms with Crippen molar-refractivity contribution in [1.82, 2.24) is 4.90 Å². The van der Waals surface area contributed by atoms with Gasteiger partial charge in [0.1, 0.15) is 11.5 Å². The van der Waals surface area contributed by atoms with Crippen molar-refractivity contribution in [2.24, 2.45) is 0 Å². The van der Waals surface area contributed by atoms with Crippen LogP contribution in [0.5, 0.6) is 11.5 Å². The van der Waals surface area contributed by atoms with E-state index >= 15 is 0 Å². The van der Waals surface area contributed by atoms with Gasteiger partial charge in [-0.25, -0.2) is 0 Å². The summed E-state index contributed by atoms with van der Waals surface area (Å²) in [5.41, 5.74) is 0.624. The van der Waals surface area contributed by atoms with E-state index in [1.807, 2.05) is 24.3 Å². The first kappa shape index (κ1) is 20.5. The highest BCUT2D eigenvalue weighted by Gasteiger charge is 2.32. The number of rotatable bonds is 4. The molecule has 1 fully saturated rings. The van der Waals surface area contributed by atoms with Crippen LogP contribution in [0.4, 0.5) is 13.2 Å². The van der Waals surface area contributed by atoms with E-state index in [1.54, 1.807) is 13.2 Å². The highest BCUT2D eigenvalue weighted by Crippen LogP contribution is 2.41. The third kappa shape index (κ3) is 3.95. The number of hydrogen-bond acceptors (Lipinski definition) is 4. The van der Waals surface area contributed by atoms with Gasteiger partial charge in [0, 0.05) is 18.7 Å². The second-order valence-corrected chi connectivity index (χ2v) is 7.26. The average Bonchev–Trinajstić information content (AvgIpc) is 2.75. The molecule has 0 amide bonds. The molecule has 1 aliphatic heterocycles. The molecule has 7 heteroatoms. The zero-order valence-electron chi connectivity index (χ0n) is 16.4. The Labute approximate surface area is 172 Å². The molecule has 0 aliphatic carbocycles. The van der Waals surface area contributed by atoms with Crippen LogP contribution < -0.4 is 4.74 Å². The molecule has 4 rings (SSSR count). The van der Waals surface area contributed by atoms with Crippen molar-refractivity contribution in [3.05, 3.63) is 71.3 Å². The Bertz CT molecular complexity index is 1030. The van der Waals surface area contributed by atoms with E-state index in [4.69, 9.17) is 9.47 Å². The number of methoxy groups -OCH3 is 1. The fraction of sp³-hybridized carbons (Fsp3) is 0.304. The molecule has 0 saturated carbocycles. The molecule has 0 aromatic heterocycles. The first-order valence-corrected chi connectivity index (χ1v) is 9.67. The number of aromatic hydroxyl groups is 1. The van der Waals surface area contributed by atoms with Crippen LogP contribution in [0.1, 0.15) is 22.7 Å². The molecule has 0 radical (unpaired) electrons. The summed E-state index contributed by atoms with van der Waals surface area (Å²) in [6.45, 7) is 2.24. The van der Waals surface area contributed by atoms with E-state index < -0.39 is 17.8 Å². The van der Waals surface area contributed by atoms with Crippen molar-refractivity contribution in [3.8, 4) is 11.5 Å². The molecule has 4 nitrogen and oxygen atoms in total. The predicted octanol–water partition coefficient (Wildman–Crippen LogP) is 4.99. The fourth-order valence-electron chi connectivity index (χ4n) is 3.97. The number of nitrogens with zero attached hydrogens (tertiary/aromatic N) is 1. The Hall–Kier alpha value is -2.77. The van der Waals surface area contributed by atoms with Crippen LogP contribution in [0.25, 0.3) is 10.8 Å². The minimum Gasteiger partial charge on any atom is -0.508 e. The van der Waals surface area contributed by atoms with Crippen molar-refractivity contribution in [3.63, 3.8) is 0 Å². The Morgan fingerprint density at radius 1 is 1.00 bits per heavy atom. The standard InChI is InChI=1S/C23H22F3NO3/c1-29-18-8-4-15-5-9-20(28)21(19(15)14-18)22(27-10-12-30-13-11-27)16-2-6-17(7-3-16)23(24,25)26/h2-9,14,22,28H,10-13H2,1H3/t22-/m0/s1. The number of ether oxygens (including phenoxy) is 2. The summed E-state index contributed by atoms with van der Waals surface area (Å²) in [7, 11) is 1.57. The molecule has 0 unspecified atom stereocenters. The van der Waals surface area contributed by atoms with Crippen LogP contribution in [0, 0.1) is 0 Å². The summed E-state index contributed by atoms with van der Waals surface area (Å²) < 4.78 is 50.0. The largest absolute Gasteiger partial charge is 0.508 e. The van der Waals surface area contributed by atoms with Crippen molar-refractivity contribution >= 4 is 10.8 Å². The van der Waals surface area contributed by atoms with Gasteiger partial charge in [0.05, 0.1) is 31.9 Å². The molecule has 30 heavy (non-hydrogen) atoms. The van der Waals surface area contributed by atoms with Crippen molar-refractivity contribution in [2.45, 2.75) is 12.2 Å². The van der Waals surface area contributed by atoms with Gasteiger partial charge in [-0.2, -0.15) is 13.2 Å². The van der Waals surface area contributed by atoms with Crippen LogP contribution in [0.2, 0.25) is 0 Å². The average molecular weight is 417 g/mol. The van der Waals surface area contributed by atoms with E-state index in [0.717, 1.165) is 22.9 Å². The predicted molar refractivity (Wildman–Crippen MR) is 108 cm³/mol. The lowest BCUT2D eigenvalue weighted by Crippen LogP contribution is -2.39. The first-order chi connectivity index (χ1) is 14.4. The second-order valence-electron chi connectivity index (χ2n) is 7.26. The van der Waals surface area contributed by atoms with Gasteiger partial charge in [-0.05, 0) is 46.7 Å². The maximum absolute atomic E-state index is 13.1. The summed E-state index contributed by atoms with van der Waals surface area (Å²) >= 11 is 0. The molecule has 1 heterocycles. The maximum Gasteiger partial charge on any atom is 0.416 e. The van der Waals surface area contributed by atoms with E-state index in [0.29, 0.717) is 43.2 Å². The number of phenols is 1. The van der Waals surface area contributed by atoms with Gasteiger partial charge in [0.2, 0.25) is 0 Å². The van der Waals surface area contributed by atoms with Gasteiger partial charge in [-0.3, -0.25) is 4.90 Å². The molecule has 1 N–H and O–H groups in total. The van der Waals surface area contributed by atoms with Gasteiger partial charge >= 0.3 is 6.18 Å². The van der Waals surface area contributed by atoms with Crippen LogP contribution in [-0.4, -0.2) is 43.4 Å². The SMILES string of the molecule is COc1ccc2ccc(O)c([C@H](c3ccc(C(F)(F)F)cc3)N3CCOCC3)c2c1. The molecule has 1 saturated heterocycles. The van der Waals surface area contributed by atoms with Gasteiger partial charge in [-0.1, -0.05) is 24.3 Å². The number of fused-ring (bicyclic) bond motifs is 1. The second kappa shape index (κ2) is 8.16.